The molecule has 1 aliphatic heterocycles. The number of hydrogen-bond acceptors (Lipinski definition) is 4. The van der Waals surface area contributed by atoms with Crippen LogP contribution in [0.1, 0.15) is 40.2 Å². The van der Waals surface area contributed by atoms with Crippen molar-refractivity contribution in [2.24, 2.45) is 0 Å². The Morgan fingerprint density at radius 1 is 1.09 bits per heavy atom. The molecule has 3 aromatic rings. The van der Waals surface area contributed by atoms with Gasteiger partial charge in [-0.2, -0.15) is 0 Å². The number of hydrogen-bond donors (Lipinski definition) is 1. The van der Waals surface area contributed by atoms with Crippen molar-refractivity contribution < 1.29 is 17.6 Å². The smallest absolute Gasteiger partial charge is 0.263 e. The number of aryl methyl sites for hydroxylation is 1. The highest BCUT2D eigenvalue weighted by Crippen LogP contribution is 2.36. The van der Waals surface area contributed by atoms with Crippen molar-refractivity contribution in [3.8, 4) is 0 Å². The van der Waals surface area contributed by atoms with Crippen LogP contribution in [-0.2, 0) is 10.0 Å². The largest absolute Gasteiger partial charge is 0.339 e. The van der Waals surface area contributed by atoms with Crippen LogP contribution in [0.25, 0.3) is 0 Å². The summed E-state index contributed by atoms with van der Waals surface area (Å²) in [7, 11) is -3.86. The number of likely N-dealkylation sites (tertiary alicyclic amines) is 1. The van der Waals surface area contributed by atoms with Crippen molar-refractivity contribution in [2.75, 3.05) is 17.8 Å². The summed E-state index contributed by atoms with van der Waals surface area (Å²) >= 11 is 1.95. The Kier molecular flexibility index (Phi) is 6.99. The molecule has 1 amide bonds. The summed E-state index contributed by atoms with van der Waals surface area (Å²) in [5, 5.41) is 0. The number of sulfonamides is 1. The van der Waals surface area contributed by atoms with Crippen LogP contribution >= 0.6 is 22.6 Å². The van der Waals surface area contributed by atoms with Crippen LogP contribution in [-0.4, -0.2) is 37.3 Å². The molecule has 1 aliphatic rings. The first-order chi connectivity index (χ1) is 15.8. The Morgan fingerprint density at radius 2 is 1.73 bits per heavy atom. The van der Waals surface area contributed by atoms with Crippen molar-refractivity contribution >= 4 is 44.3 Å². The second kappa shape index (κ2) is 9.76. The minimum Gasteiger partial charge on any atom is -0.339 e. The monoisotopic (exact) mass is 579 g/mol. The van der Waals surface area contributed by atoms with Crippen molar-refractivity contribution in [1.29, 1.82) is 0 Å². The number of nitrogens with one attached hydrogen (secondary N) is 1. The zero-order valence-electron chi connectivity index (χ0n) is 18.0. The molecule has 2 aromatic carbocycles. The van der Waals surface area contributed by atoms with Crippen LogP contribution in [0.3, 0.4) is 0 Å². The normalized spacial score (nSPS) is 14.8. The minimum atomic E-state index is -3.86. The summed E-state index contributed by atoms with van der Waals surface area (Å²) in [5.41, 5.74) is 2.02. The molecule has 0 saturated carbocycles. The van der Waals surface area contributed by atoms with Crippen LogP contribution in [0.5, 0.6) is 0 Å². The predicted octanol–water partition coefficient (Wildman–Crippen LogP) is 4.95. The molecule has 172 valence electrons. The van der Waals surface area contributed by atoms with E-state index in [4.69, 9.17) is 0 Å². The molecule has 1 saturated heterocycles. The second-order valence-electron chi connectivity index (χ2n) is 8.03. The maximum atomic E-state index is 14.8. The molecule has 0 spiro atoms. The second-order valence-corrected chi connectivity index (χ2v) is 10.8. The molecule has 4 rings (SSSR count). The van der Waals surface area contributed by atoms with Gasteiger partial charge in [-0.15, -0.1) is 0 Å². The molecule has 0 atom stereocenters. The number of aromatic nitrogens is 1. The van der Waals surface area contributed by atoms with Crippen molar-refractivity contribution in [1.82, 2.24) is 9.88 Å². The summed E-state index contributed by atoms with van der Waals surface area (Å²) < 4.78 is 43.3. The fourth-order valence-electron chi connectivity index (χ4n) is 3.96. The number of rotatable bonds is 5. The van der Waals surface area contributed by atoms with Gasteiger partial charge in [0.1, 0.15) is 5.82 Å². The van der Waals surface area contributed by atoms with E-state index in [1.165, 1.54) is 12.1 Å². The number of halogens is 2. The first-order valence-electron chi connectivity index (χ1n) is 10.5. The zero-order valence-corrected chi connectivity index (χ0v) is 20.9. The van der Waals surface area contributed by atoms with E-state index in [-0.39, 0.29) is 22.5 Å². The molecule has 1 aromatic heterocycles. The van der Waals surface area contributed by atoms with E-state index < -0.39 is 15.8 Å². The molecule has 0 bridgehead atoms. The Hall–Kier alpha value is -2.53. The number of piperidine rings is 1. The zero-order chi connectivity index (χ0) is 23.6. The number of amides is 1. The standard InChI is InChI=1S/C24H23FIN3O3S/c1-16-7-9-19(10-8-16)33(31,32)28-23-22(26)21(20(25)15-27-23)17-11-13-29(14-12-17)24(30)18-5-3-2-4-6-18/h2-10,15,17H,11-14H2,1H3,(H,27,28). The molecule has 0 unspecified atom stereocenters. The van der Waals surface area contributed by atoms with Gasteiger partial charge in [0.15, 0.2) is 5.82 Å². The molecular weight excluding hydrogens is 556 g/mol. The lowest BCUT2D eigenvalue weighted by Gasteiger charge is -2.33. The van der Waals surface area contributed by atoms with Gasteiger partial charge in [-0.1, -0.05) is 35.9 Å². The summed E-state index contributed by atoms with van der Waals surface area (Å²) in [6, 6.07) is 15.6. The fourth-order valence-corrected chi connectivity index (χ4v) is 6.14. The molecule has 33 heavy (non-hydrogen) atoms. The lowest BCUT2D eigenvalue weighted by molar-refractivity contribution is 0.0712. The van der Waals surface area contributed by atoms with Gasteiger partial charge in [-0.3, -0.25) is 9.52 Å². The summed E-state index contributed by atoms with van der Waals surface area (Å²) in [6.45, 7) is 2.88. The van der Waals surface area contributed by atoms with Crippen LogP contribution in [0.15, 0.2) is 65.7 Å². The maximum Gasteiger partial charge on any atom is 0.263 e. The lowest BCUT2D eigenvalue weighted by Crippen LogP contribution is -2.38. The van der Waals surface area contributed by atoms with Crippen molar-refractivity contribution in [3.63, 3.8) is 0 Å². The van der Waals surface area contributed by atoms with Gasteiger partial charge in [0, 0.05) is 24.2 Å². The third-order valence-electron chi connectivity index (χ3n) is 5.78. The summed E-state index contributed by atoms with van der Waals surface area (Å²) in [6.07, 6.45) is 2.23. The van der Waals surface area contributed by atoms with Crippen molar-refractivity contribution in [3.05, 3.63) is 86.9 Å². The maximum absolute atomic E-state index is 14.8. The van der Waals surface area contributed by atoms with Gasteiger partial charge in [-0.25, -0.2) is 17.8 Å². The molecule has 6 nitrogen and oxygen atoms in total. The number of pyridine rings is 1. The Balaban J connectivity index is 1.52. The average Bonchev–Trinajstić information content (AvgIpc) is 2.82. The van der Waals surface area contributed by atoms with Crippen LogP contribution in [0.2, 0.25) is 0 Å². The number of anilines is 1. The molecular formula is C24H23FIN3O3S. The van der Waals surface area contributed by atoms with Crippen LogP contribution in [0.4, 0.5) is 10.2 Å². The number of carbonyl (C=O) groups excluding carboxylic acids is 1. The highest BCUT2D eigenvalue weighted by Gasteiger charge is 2.29. The highest BCUT2D eigenvalue weighted by atomic mass is 127. The first kappa shape index (κ1) is 23.6. The number of nitrogens with zero attached hydrogens (tertiary/aromatic N) is 2. The molecule has 1 N–H and O–H groups in total. The Morgan fingerprint density at radius 3 is 2.36 bits per heavy atom. The fraction of sp³-hybridized carbons (Fsp3) is 0.250. The van der Waals surface area contributed by atoms with Gasteiger partial charge in [0.2, 0.25) is 0 Å². The number of carbonyl (C=O) groups is 1. The van der Waals surface area contributed by atoms with E-state index in [0.29, 0.717) is 40.6 Å². The van der Waals surface area contributed by atoms with Crippen molar-refractivity contribution in [2.45, 2.75) is 30.6 Å². The van der Waals surface area contributed by atoms with Gasteiger partial charge in [0.05, 0.1) is 14.7 Å². The third kappa shape index (κ3) is 5.19. The van der Waals surface area contributed by atoms with Gasteiger partial charge in [-0.05, 0) is 72.5 Å². The minimum absolute atomic E-state index is 0.0366. The Labute approximate surface area is 206 Å². The highest BCUT2D eigenvalue weighted by molar-refractivity contribution is 14.1. The summed E-state index contributed by atoms with van der Waals surface area (Å²) in [4.78, 5) is 18.6. The molecule has 0 radical (unpaired) electrons. The van der Waals surface area contributed by atoms with E-state index in [0.717, 1.165) is 11.8 Å². The quantitative estimate of drug-likeness (QED) is 0.434. The predicted molar refractivity (Wildman–Crippen MR) is 133 cm³/mol. The lowest BCUT2D eigenvalue weighted by atomic mass is 9.89. The number of benzene rings is 2. The average molecular weight is 579 g/mol. The van der Waals surface area contributed by atoms with E-state index >= 15 is 0 Å². The van der Waals surface area contributed by atoms with E-state index in [1.807, 2.05) is 47.7 Å². The molecule has 1 fully saturated rings. The Bertz CT molecular complexity index is 1260. The SMILES string of the molecule is Cc1ccc(S(=O)(=O)Nc2ncc(F)c(C3CCN(C(=O)c4ccccc4)CC3)c2I)cc1. The van der Waals surface area contributed by atoms with Gasteiger partial charge < -0.3 is 4.90 Å². The first-order valence-corrected chi connectivity index (χ1v) is 13.1. The summed E-state index contributed by atoms with van der Waals surface area (Å²) in [5.74, 6) is -0.534. The van der Waals surface area contributed by atoms with E-state index in [9.17, 15) is 17.6 Å². The van der Waals surface area contributed by atoms with E-state index in [2.05, 4.69) is 9.71 Å². The molecule has 9 heteroatoms. The topological polar surface area (TPSA) is 79.4 Å². The van der Waals surface area contributed by atoms with Gasteiger partial charge >= 0.3 is 0 Å². The molecule has 0 aliphatic carbocycles. The van der Waals surface area contributed by atoms with Crippen LogP contribution < -0.4 is 4.72 Å². The van der Waals surface area contributed by atoms with Gasteiger partial charge in [0.25, 0.3) is 15.9 Å². The molecule has 2 heterocycles. The van der Waals surface area contributed by atoms with Crippen LogP contribution in [0, 0.1) is 16.3 Å². The third-order valence-corrected chi connectivity index (χ3v) is 8.23. The van der Waals surface area contributed by atoms with E-state index in [1.54, 1.807) is 29.2 Å².